The quantitative estimate of drug-likeness (QED) is 0.364. The largest absolute Gasteiger partial charge is 0.406 e. The van der Waals surface area contributed by atoms with E-state index in [1.807, 2.05) is 0 Å². The fourth-order valence-corrected chi connectivity index (χ4v) is 2.27. The van der Waals surface area contributed by atoms with Crippen LogP contribution >= 0.6 is 0 Å². The minimum absolute atomic E-state index is 0.271. The van der Waals surface area contributed by atoms with E-state index in [9.17, 15) is 19.8 Å². The van der Waals surface area contributed by atoms with Crippen molar-refractivity contribution in [2.24, 2.45) is 0 Å². The minimum atomic E-state index is -1.87. The van der Waals surface area contributed by atoms with Crippen LogP contribution in [0.1, 0.15) is 12.8 Å². The maximum Gasteiger partial charge on any atom is 0.342 e. The Morgan fingerprint density at radius 3 is 2.12 bits per heavy atom. The number of ether oxygens (including phenoxy) is 2. The van der Waals surface area contributed by atoms with Crippen LogP contribution in [0.2, 0.25) is 0 Å². The molecule has 4 atom stereocenters. The first kappa shape index (κ1) is 10.0. The highest BCUT2D eigenvalue weighted by atomic mass is 16.8. The number of hydrogen-bond donors (Lipinski definition) is 2. The Kier molecular flexibility index (Phi) is 1.84. The second-order valence-corrected chi connectivity index (χ2v) is 4.29. The lowest BCUT2D eigenvalue weighted by Gasteiger charge is -2.28. The first-order valence-corrected chi connectivity index (χ1v) is 5.12. The van der Waals surface area contributed by atoms with Gasteiger partial charge in [0.25, 0.3) is 0 Å². The fraction of sp³-hybridized carbons (Fsp3) is 0.778. The van der Waals surface area contributed by atoms with Crippen LogP contribution in [0.4, 0.5) is 0 Å². The van der Waals surface area contributed by atoms with Gasteiger partial charge in [-0.1, -0.05) is 0 Å². The van der Waals surface area contributed by atoms with Gasteiger partial charge in [-0.25, -0.2) is 14.5 Å². The monoisotopic (exact) mass is 229 g/mol. The molecular weight excluding hydrogens is 218 g/mol. The molecule has 4 unspecified atom stereocenters. The molecule has 0 aliphatic carbocycles. The van der Waals surface area contributed by atoms with E-state index in [0.717, 1.165) is 6.42 Å². The third kappa shape index (κ3) is 1.19. The molecule has 3 saturated heterocycles. The number of fused-ring (bicyclic) bond motifs is 2. The van der Waals surface area contributed by atoms with Gasteiger partial charge in [0.1, 0.15) is 0 Å². The molecule has 0 amide bonds. The van der Waals surface area contributed by atoms with E-state index in [0.29, 0.717) is 13.0 Å². The van der Waals surface area contributed by atoms with Gasteiger partial charge in [-0.3, -0.25) is 0 Å². The van der Waals surface area contributed by atoms with Gasteiger partial charge >= 0.3 is 17.8 Å². The van der Waals surface area contributed by atoms with Gasteiger partial charge in [0.05, 0.1) is 0 Å². The lowest BCUT2D eigenvalue weighted by molar-refractivity contribution is -0.256. The molecule has 0 saturated carbocycles. The number of esters is 2. The van der Waals surface area contributed by atoms with E-state index in [4.69, 9.17) is 9.47 Å². The first-order valence-electron chi connectivity index (χ1n) is 5.12. The van der Waals surface area contributed by atoms with Gasteiger partial charge in [0, 0.05) is 19.0 Å². The van der Waals surface area contributed by atoms with Gasteiger partial charge in [0.15, 0.2) is 12.2 Å². The second-order valence-electron chi connectivity index (χ2n) is 4.29. The summed E-state index contributed by atoms with van der Waals surface area (Å²) in [7, 11) is 0. The second kappa shape index (κ2) is 2.93. The van der Waals surface area contributed by atoms with Crippen molar-refractivity contribution in [3.8, 4) is 0 Å². The molecule has 3 heterocycles. The van der Waals surface area contributed by atoms with Crippen LogP contribution in [0.15, 0.2) is 0 Å². The molecule has 0 radical (unpaired) electrons. The Morgan fingerprint density at radius 2 is 1.75 bits per heavy atom. The summed E-state index contributed by atoms with van der Waals surface area (Å²) in [5.41, 5.74) is 0. The highest BCUT2D eigenvalue weighted by molar-refractivity contribution is 5.87. The van der Waals surface area contributed by atoms with Crippen LogP contribution in [-0.4, -0.2) is 57.8 Å². The van der Waals surface area contributed by atoms with Gasteiger partial charge in [-0.05, 0) is 6.42 Å². The van der Waals surface area contributed by atoms with Crippen LogP contribution in [0, 0.1) is 0 Å². The summed E-state index contributed by atoms with van der Waals surface area (Å²) in [5.74, 6) is -3.44. The van der Waals surface area contributed by atoms with Crippen LogP contribution in [0.25, 0.3) is 0 Å². The van der Waals surface area contributed by atoms with Gasteiger partial charge < -0.3 is 19.7 Å². The van der Waals surface area contributed by atoms with Crippen LogP contribution in [-0.2, 0) is 19.1 Å². The summed E-state index contributed by atoms with van der Waals surface area (Å²) < 4.78 is 10.0. The predicted octanol–water partition coefficient (Wildman–Crippen LogP) is -2.06. The molecule has 0 aromatic rings. The van der Waals surface area contributed by atoms with Crippen molar-refractivity contribution in [1.29, 1.82) is 0 Å². The van der Waals surface area contributed by atoms with Crippen molar-refractivity contribution in [2.75, 3.05) is 6.54 Å². The number of carbonyl (C=O) groups excluding carboxylic acids is 2. The third-order valence-electron chi connectivity index (χ3n) is 3.25. The van der Waals surface area contributed by atoms with Crippen LogP contribution < -0.4 is 0 Å². The molecule has 3 fully saturated rings. The summed E-state index contributed by atoms with van der Waals surface area (Å²) in [6.07, 6.45) is -2.59. The maximum absolute atomic E-state index is 11.4. The molecule has 0 aromatic heterocycles. The zero-order chi connectivity index (χ0) is 11.5. The summed E-state index contributed by atoms with van der Waals surface area (Å²) in [4.78, 5) is 24.5. The van der Waals surface area contributed by atoms with E-state index in [-0.39, 0.29) is 6.04 Å². The number of nitrogens with zero attached hydrogens (tertiary/aromatic N) is 1. The average Bonchev–Trinajstić information content (AvgIpc) is 2.97. The Bertz CT molecular complexity index is 347. The Morgan fingerprint density at radius 1 is 1.19 bits per heavy atom. The van der Waals surface area contributed by atoms with E-state index >= 15 is 0 Å². The lowest BCUT2D eigenvalue weighted by atomic mass is 10.2. The molecule has 7 nitrogen and oxygen atoms in total. The average molecular weight is 229 g/mol. The van der Waals surface area contributed by atoms with Crippen LogP contribution in [0.5, 0.6) is 0 Å². The number of carbonyl (C=O) groups is 2. The molecule has 88 valence electrons. The zero-order valence-corrected chi connectivity index (χ0v) is 8.33. The van der Waals surface area contributed by atoms with Crippen LogP contribution in [0.3, 0.4) is 0 Å². The molecule has 3 rings (SSSR count). The van der Waals surface area contributed by atoms with Crippen molar-refractivity contribution in [3.05, 3.63) is 0 Å². The van der Waals surface area contributed by atoms with Crippen molar-refractivity contribution >= 4 is 11.9 Å². The van der Waals surface area contributed by atoms with E-state index in [1.165, 1.54) is 0 Å². The minimum Gasteiger partial charge on any atom is -0.406 e. The zero-order valence-electron chi connectivity index (χ0n) is 8.33. The molecular formula is C9H11NO6. The third-order valence-corrected chi connectivity index (χ3v) is 3.25. The summed E-state index contributed by atoms with van der Waals surface area (Å²) in [6.45, 7) is 0.701. The highest BCUT2D eigenvalue weighted by Crippen LogP contribution is 2.46. The standard InChI is InChI=1S/C9H11NO6/c11-5-6(12)8(14)16-9(15-7(5)13)2-1-4-3-10(4)9/h4-6,11-12H,1-3H2. The molecule has 16 heavy (non-hydrogen) atoms. The number of hydrogen-bond acceptors (Lipinski definition) is 7. The van der Waals surface area contributed by atoms with E-state index in [1.54, 1.807) is 4.90 Å². The topological polar surface area (TPSA) is 96.1 Å². The molecule has 3 aliphatic rings. The van der Waals surface area contributed by atoms with E-state index < -0.39 is 30.1 Å². The van der Waals surface area contributed by atoms with E-state index in [2.05, 4.69) is 0 Å². The Balaban J connectivity index is 1.92. The molecule has 1 spiro atoms. The highest BCUT2D eigenvalue weighted by Gasteiger charge is 2.63. The number of piperidine rings is 1. The number of aliphatic hydroxyl groups excluding tert-OH is 2. The maximum atomic E-state index is 11.4. The Hall–Kier alpha value is -1.18. The van der Waals surface area contributed by atoms with Crippen molar-refractivity contribution < 1.29 is 29.3 Å². The summed E-state index contributed by atoms with van der Waals surface area (Å²) in [6, 6.07) is 0.271. The molecule has 3 aliphatic heterocycles. The smallest absolute Gasteiger partial charge is 0.342 e. The lowest BCUT2D eigenvalue weighted by Crippen LogP contribution is -2.43. The van der Waals surface area contributed by atoms with Gasteiger partial charge in [0.2, 0.25) is 0 Å². The number of aliphatic hydroxyl groups is 2. The van der Waals surface area contributed by atoms with Gasteiger partial charge in [-0.2, -0.15) is 0 Å². The van der Waals surface area contributed by atoms with Crippen molar-refractivity contribution in [3.63, 3.8) is 0 Å². The van der Waals surface area contributed by atoms with Crippen molar-refractivity contribution in [1.82, 2.24) is 4.90 Å². The summed E-state index contributed by atoms with van der Waals surface area (Å²) >= 11 is 0. The molecule has 0 bridgehead atoms. The summed E-state index contributed by atoms with van der Waals surface area (Å²) in [5, 5.41) is 18.6. The molecule has 7 heteroatoms. The van der Waals surface area contributed by atoms with Gasteiger partial charge in [-0.15, -0.1) is 0 Å². The fourth-order valence-electron chi connectivity index (χ4n) is 2.27. The van der Waals surface area contributed by atoms with Crippen molar-refractivity contribution in [2.45, 2.75) is 37.0 Å². The number of rotatable bonds is 0. The SMILES string of the molecule is O=C1OC2(CCC3CN32)OC(=O)C(O)C1O. The predicted molar refractivity (Wildman–Crippen MR) is 46.7 cm³/mol. The Labute approximate surface area is 90.5 Å². The normalized spacial score (nSPS) is 50.6. The first-order chi connectivity index (χ1) is 7.53. The molecule has 0 aromatic carbocycles. The molecule has 2 N–H and O–H groups in total.